The summed E-state index contributed by atoms with van der Waals surface area (Å²) in [6.45, 7) is 7.96. The monoisotopic (exact) mass is 384 g/mol. The highest BCUT2D eigenvalue weighted by Gasteiger charge is 2.18. The highest BCUT2D eigenvalue weighted by atomic mass is 79.9. The van der Waals surface area contributed by atoms with E-state index in [4.69, 9.17) is 9.47 Å². The van der Waals surface area contributed by atoms with Crippen LogP contribution in [0.2, 0.25) is 25.7 Å². The molecule has 2 rings (SSSR count). The Balaban J connectivity index is 2.24. The number of para-hydroxylation sites is 1. The number of hydrogen-bond acceptors (Lipinski definition) is 4. The first-order chi connectivity index (χ1) is 10.3. The van der Waals surface area contributed by atoms with E-state index in [9.17, 15) is 4.79 Å². The summed E-state index contributed by atoms with van der Waals surface area (Å²) in [7, 11) is 0.260. The molecule has 0 unspecified atom stereocenters. The molecule has 0 radical (unpaired) electrons. The molecule has 0 aliphatic carbocycles. The van der Waals surface area contributed by atoms with E-state index >= 15 is 0 Å². The van der Waals surface area contributed by atoms with Gasteiger partial charge in [-0.25, -0.2) is 9.48 Å². The highest BCUT2D eigenvalue weighted by molar-refractivity contribution is 9.10. The number of nitrogens with zero attached hydrogens (tertiary/aromatic N) is 2. The summed E-state index contributed by atoms with van der Waals surface area (Å²) in [6, 6.07) is 6.56. The van der Waals surface area contributed by atoms with Crippen molar-refractivity contribution in [3.8, 4) is 0 Å². The zero-order chi connectivity index (χ0) is 16.3. The number of carbonyl (C=O) groups excluding carboxylic acids is 1. The van der Waals surface area contributed by atoms with Gasteiger partial charge in [-0.3, -0.25) is 0 Å². The van der Waals surface area contributed by atoms with Crippen LogP contribution >= 0.6 is 15.9 Å². The third-order valence-electron chi connectivity index (χ3n) is 3.34. The second-order valence-corrected chi connectivity index (χ2v) is 12.7. The molecule has 2 aromatic rings. The van der Waals surface area contributed by atoms with Crippen molar-refractivity contribution in [1.29, 1.82) is 0 Å². The maximum atomic E-state index is 11.9. The Bertz CT molecular complexity index is 679. The minimum atomic E-state index is -1.12. The molecule has 22 heavy (non-hydrogen) atoms. The number of esters is 1. The Hall–Kier alpha value is -1.18. The van der Waals surface area contributed by atoms with Crippen LogP contribution in [0.3, 0.4) is 0 Å². The molecule has 120 valence electrons. The molecule has 0 aliphatic heterocycles. The molecule has 0 fully saturated rings. The molecule has 0 spiro atoms. The van der Waals surface area contributed by atoms with E-state index in [1.165, 1.54) is 7.11 Å². The minimum absolute atomic E-state index is 0.320. The van der Waals surface area contributed by atoms with Crippen molar-refractivity contribution in [2.45, 2.75) is 32.4 Å². The molecule has 0 saturated heterocycles. The van der Waals surface area contributed by atoms with Gasteiger partial charge >= 0.3 is 5.97 Å². The first-order valence-electron chi connectivity index (χ1n) is 7.14. The van der Waals surface area contributed by atoms with Gasteiger partial charge in [-0.15, -0.1) is 0 Å². The van der Waals surface area contributed by atoms with E-state index in [-0.39, 0.29) is 5.97 Å². The van der Waals surface area contributed by atoms with Crippen LogP contribution in [0.25, 0.3) is 10.9 Å². The summed E-state index contributed by atoms with van der Waals surface area (Å²) < 4.78 is 13.0. The Labute approximate surface area is 139 Å². The fourth-order valence-corrected chi connectivity index (χ4v) is 3.36. The van der Waals surface area contributed by atoms with Crippen molar-refractivity contribution in [3.63, 3.8) is 0 Å². The topological polar surface area (TPSA) is 53.3 Å². The summed E-state index contributed by atoms with van der Waals surface area (Å²) in [4.78, 5) is 11.9. The second-order valence-electron chi connectivity index (χ2n) is 6.33. The number of fused-ring (bicyclic) bond motifs is 1. The van der Waals surface area contributed by atoms with Crippen LogP contribution in [0, 0.1) is 0 Å². The number of methoxy groups -OCH3 is 1. The van der Waals surface area contributed by atoms with Crippen LogP contribution in [-0.2, 0) is 16.2 Å². The van der Waals surface area contributed by atoms with Gasteiger partial charge in [0.05, 0.1) is 18.2 Å². The van der Waals surface area contributed by atoms with Gasteiger partial charge < -0.3 is 9.47 Å². The van der Waals surface area contributed by atoms with Gasteiger partial charge in [0.2, 0.25) is 0 Å². The largest absolute Gasteiger partial charge is 0.465 e. The normalized spacial score (nSPS) is 11.9. The van der Waals surface area contributed by atoms with Gasteiger partial charge in [-0.2, -0.15) is 5.10 Å². The third-order valence-corrected chi connectivity index (χ3v) is 5.63. The summed E-state index contributed by atoms with van der Waals surface area (Å²) in [5.74, 6) is -0.374. The fourth-order valence-electron chi connectivity index (χ4n) is 2.10. The molecule has 0 aliphatic rings. The van der Waals surface area contributed by atoms with E-state index in [2.05, 4.69) is 40.7 Å². The summed E-state index contributed by atoms with van der Waals surface area (Å²) in [5, 5.41) is 5.28. The van der Waals surface area contributed by atoms with Gasteiger partial charge in [0, 0.05) is 20.1 Å². The minimum Gasteiger partial charge on any atom is -0.465 e. The Morgan fingerprint density at radius 2 is 2.09 bits per heavy atom. The highest BCUT2D eigenvalue weighted by Crippen LogP contribution is 2.26. The van der Waals surface area contributed by atoms with E-state index in [1.54, 1.807) is 10.7 Å². The average Bonchev–Trinajstić information content (AvgIpc) is 2.79. The molecular formula is C15H21BrN2O3Si. The Morgan fingerprint density at radius 3 is 2.73 bits per heavy atom. The third kappa shape index (κ3) is 3.96. The zero-order valence-electron chi connectivity index (χ0n) is 13.4. The average molecular weight is 385 g/mol. The molecule has 0 atom stereocenters. The maximum Gasteiger partial charge on any atom is 0.340 e. The number of rotatable bonds is 6. The number of ether oxygens (including phenoxy) is 2. The first-order valence-corrected chi connectivity index (χ1v) is 11.6. The number of carbonyl (C=O) groups is 1. The lowest BCUT2D eigenvalue weighted by Crippen LogP contribution is -2.22. The summed E-state index contributed by atoms with van der Waals surface area (Å²) in [5.41, 5.74) is 1.22. The molecule has 0 saturated carbocycles. The van der Waals surface area contributed by atoms with E-state index in [0.29, 0.717) is 23.5 Å². The predicted octanol–water partition coefficient (Wildman–Crippen LogP) is 3.90. The molecule has 1 aromatic heterocycles. The van der Waals surface area contributed by atoms with E-state index in [1.807, 2.05) is 12.1 Å². The number of hydrogen-bond donors (Lipinski definition) is 0. The Morgan fingerprint density at radius 1 is 1.36 bits per heavy atom. The molecule has 5 nitrogen and oxygen atoms in total. The second kappa shape index (κ2) is 6.93. The van der Waals surface area contributed by atoms with Gasteiger partial charge in [0.15, 0.2) is 0 Å². The first kappa shape index (κ1) is 17.2. The van der Waals surface area contributed by atoms with Crippen LogP contribution in [0.15, 0.2) is 22.8 Å². The number of benzene rings is 1. The van der Waals surface area contributed by atoms with Crippen molar-refractivity contribution in [3.05, 3.63) is 28.4 Å². The van der Waals surface area contributed by atoms with Crippen LogP contribution < -0.4 is 0 Å². The zero-order valence-corrected chi connectivity index (χ0v) is 15.9. The number of aromatic nitrogens is 2. The van der Waals surface area contributed by atoms with Crippen LogP contribution in [-0.4, -0.2) is 37.5 Å². The van der Waals surface area contributed by atoms with Crippen molar-refractivity contribution in [2.75, 3.05) is 13.7 Å². The summed E-state index contributed by atoms with van der Waals surface area (Å²) in [6.07, 6.45) is 0. The van der Waals surface area contributed by atoms with Gasteiger partial charge in [-0.1, -0.05) is 25.7 Å². The van der Waals surface area contributed by atoms with Crippen molar-refractivity contribution in [1.82, 2.24) is 9.78 Å². The molecule has 1 heterocycles. The lowest BCUT2D eigenvalue weighted by atomic mass is 10.1. The van der Waals surface area contributed by atoms with Gasteiger partial charge in [-0.05, 0) is 34.1 Å². The van der Waals surface area contributed by atoms with Crippen LogP contribution in [0.1, 0.15) is 10.4 Å². The molecule has 1 aromatic carbocycles. The molecule has 0 N–H and O–H groups in total. The molecule has 0 amide bonds. The SMILES string of the molecule is COC(=O)c1cccc2c(Br)nn(COCC[Si](C)(C)C)c12. The smallest absolute Gasteiger partial charge is 0.340 e. The van der Waals surface area contributed by atoms with Crippen LogP contribution in [0.4, 0.5) is 0 Å². The molecule has 7 heteroatoms. The lowest BCUT2D eigenvalue weighted by molar-refractivity contribution is 0.0599. The Kier molecular flexibility index (Phi) is 5.41. The van der Waals surface area contributed by atoms with Crippen molar-refractivity contribution >= 4 is 40.9 Å². The van der Waals surface area contributed by atoms with E-state index in [0.717, 1.165) is 16.9 Å². The van der Waals surface area contributed by atoms with Crippen molar-refractivity contribution < 1.29 is 14.3 Å². The fraction of sp³-hybridized carbons (Fsp3) is 0.467. The van der Waals surface area contributed by atoms with Gasteiger partial charge in [0.1, 0.15) is 11.3 Å². The van der Waals surface area contributed by atoms with Gasteiger partial charge in [0.25, 0.3) is 0 Å². The van der Waals surface area contributed by atoms with Crippen molar-refractivity contribution in [2.24, 2.45) is 0 Å². The quantitative estimate of drug-likeness (QED) is 0.430. The standard InChI is InChI=1S/C15H21BrN2O3Si/c1-20-15(19)12-7-5-6-11-13(12)18(17-14(11)16)10-21-8-9-22(2,3)4/h5-7H,8-10H2,1-4H3. The maximum absolute atomic E-state index is 11.9. The van der Waals surface area contributed by atoms with Crippen LogP contribution in [0.5, 0.6) is 0 Å². The summed E-state index contributed by atoms with van der Waals surface area (Å²) >= 11 is 3.43. The predicted molar refractivity (Wildman–Crippen MR) is 92.9 cm³/mol. The molecule has 0 bridgehead atoms. The van der Waals surface area contributed by atoms with E-state index < -0.39 is 8.07 Å². The number of halogens is 1. The lowest BCUT2D eigenvalue weighted by Gasteiger charge is -2.15. The molecular weight excluding hydrogens is 364 g/mol.